The summed E-state index contributed by atoms with van der Waals surface area (Å²) in [7, 11) is 1.81. The summed E-state index contributed by atoms with van der Waals surface area (Å²) in [6.45, 7) is 0.804. The third-order valence-electron chi connectivity index (χ3n) is 3.32. The van der Waals surface area contributed by atoms with E-state index in [1.165, 1.54) is 6.07 Å². The lowest BCUT2D eigenvalue weighted by molar-refractivity contribution is 0.123. The molecule has 0 saturated carbocycles. The van der Waals surface area contributed by atoms with Crippen LogP contribution < -0.4 is 0 Å². The maximum Gasteiger partial charge on any atom is 0.159 e. The number of halogens is 2. The molecule has 0 bridgehead atoms. The fourth-order valence-electron chi connectivity index (χ4n) is 2.24. The Hall–Kier alpha value is -2.29. The summed E-state index contributed by atoms with van der Waals surface area (Å²) >= 11 is 0. The van der Waals surface area contributed by atoms with Gasteiger partial charge in [-0.3, -0.25) is 4.90 Å². The molecule has 0 aliphatic carbocycles. The van der Waals surface area contributed by atoms with E-state index >= 15 is 0 Å². The third-order valence-corrected chi connectivity index (χ3v) is 3.32. The van der Waals surface area contributed by atoms with Crippen molar-refractivity contribution in [3.8, 4) is 6.07 Å². The standard InChI is InChI=1S/C17H16F2N2O/c1-21(10-13-4-2-3-12(7-13)9-20)11-17(22)14-5-6-15(18)16(19)8-14/h2-8,17,22H,10-11H2,1H3. The molecule has 114 valence electrons. The molecule has 0 aliphatic heterocycles. The molecule has 2 aromatic rings. The minimum Gasteiger partial charge on any atom is -0.387 e. The minimum absolute atomic E-state index is 0.266. The van der Waals surface area contributed by atoms with Crippen LogP contribution in [0.15, 0.2) is 42.5 Å². The molecule has 0 aromatic heterocycles. The predicted octanol–water partition coefficient (Wildman–Crippen LogP) is 3.00. The highest BCUT2D eigenvalue weighted by Crippen LogP contribution is 2.18. The second kappa shape index (κ2) is 7.12. The number of nitriles is 1. The maximum absolute atomic E-state index is 13.2. The van der Waals surface area contributed by atoms with Gasteiger partial charge in [-0.25, -0.2) is 8.78 Å². The first-order chi connectivity index (χ1) is 10.5. The summed E-state index contributed by atoms with van der Waals surface area (Å²) in [4.78, 5) is 1.85. The molecular weight excluding hydrogens is 286 g/mol. The van der Waals surface area contributed by atoms with Gasteiger partial charge in [-0.15, -0.1) is 0 Å². The van der Waals surface area contributed by atoms with Gasteiger partial charge in [0.2, 0.25) is 0 Å². The molecule has 0 saturated heterocycles. The Labute approximate surface area is 128 Å². The zero-order chi connectivity index (χ0) is 16.1. The minimum atomic E-state index is -0.971. The highest BCUT2D eigenvalue weighted by molar-refractivity contribution is 5.32. The maximum atomic E-state index is 13.2. The van der Waals surface area contributed by atoms with Gasteiger partial charge in [0.1, 0.15) is 0 Å². The van der Waals surface area contributed by atoms with Gasteiger partial charge in [-0.05, 0) is 42.4 Å². The molecule has 0 heterocycles. The van der Waals surface area contributed by atoms with Crippen molar-refractivity contribution < 1.29 is 13.9 Å². The van der Waals surface area contributed by atoms with Crippen LogP contribution in [0.4, 0.5) is 8.78 Å². The largest absolute Gasteiger partial charge is 0.387 e. The van der Waals surface area contributed by atoms with Gasteiger partial charge in [0.05, 0.1) is 17.7 Å². The second-order valence-corrected chi connectivity index (χ2v) is 5.20. The molecule has 1 atom stereocenters. The van der Waals surface area contributed by atoms with Crippen LogP contribution in [0.5, 0.6) is 0 Å². The van der Waals surface area contributed by atoms with Crippen molar-refractivity contribution >= 4 is 0 Å². The van der Waals surface area contributed by atoms with E-state index < -0.39 is 17.7 Å². The smallest absolute Gasteiger partial charge is 0.159 e. The van der Waals surface area contributed by atoms with E-state index in [1.807, 2.05) is 18.0 Å². The van der Waals surface area contributed by atoms with Crippen molar-refractivity contribution in [2.75, 3.05) is 13.6 Å². The molecule has 2 aromatic carbocycles. The van der Waals surface area contributed by atoms with Gasteiger partial charge < -0.3 is 5.11 Å². The monoisotopic (exact) mass is 302 g/mol. The number of hydrogen-bond donors (Lipinski definition) is 1. The van der Waals surface area contributed by atoms with Crippen LogP contribution in [0, 0.1) is 23.0 Å². The fraction of sp³-hybridized carbons (Fsp3) is 0.235. The van der Waals surface area contributed by atoms with Gasteiger partial charge >= 0.3 is 0 Å². The highest BCUT2D eigenvalue weighted by atomic mass is 19.2. The van der Waals surface area contributed by atoms with Gasteiger partial charge in [0.15, 0.2) is 11.6 Å². The molecule has 1 unspecified atom stereocenters. The van der Waals surface area contributed by atoms with Gasteiger partial charge in [-0.1, -0.05) is 18.2 Å². The van der Waals surface area contributed by atoms with E-state index in [-0.39, 0.29) is 6.54 Å². The van der Waals surface area contributed by atoms with E-state index in [0.29, 0.717) is 17.7 Å². The Bertz CT molecular complexity index is 697. The molecular formula is C17H16F2N2O. The fourth-order valence-corrected chi connectivity index (χ4v) is 2.24. The number of rotatable bonds is 5. The molecule has 2 rings (SSSR count). The van der Waals surface area contributed by atoms with E-state index in [9.17, 15) is 13.9 Å². The zero-order valence-electron chi connectivity index (χ0n) is 12.1. The van der Waals surface area contributed by atoms with Crippen molar-refractivity contribution in [1.82, 2.24) is 4.90 Å². The normalized spacial score (nSPS) is 12.2. The molecule has 22 heavy (non-hydrogen) atoms. The average Bonchev–Trinajstić information content (AvgIpc) is 2.50. The van der Waals surface area contributed by atoms with Gasteiger partial charge in [0, 0.05) is 13.1 Å². The summed E-state index contributed by atoms with van der Waals surface area (Å²) in [5.74, 6) is -1.90. The number of benzene rings is 2. The summed E-state index contributed by atoms with van der Waals surface area (Å²) < 4.78 is 26.1. The number of aliphatic hydroxyl groups is 1. The molecule has 0 fully saturated rings. The lowest BCUT2D eigenvalue weighted by Crippen LogP contribution is -2.24. The Balaban J connectivity index is 2.00. The molecule has 0 aliphatic rings. The van der Waals surface area contributed by atoms with E-state index in [4.69, 9.17) is 5.26 Å². The second-order valence-electron chi connectivity index (χ2n) is 5.20. The van der Waals surface area contributed by atoms with Crippen molar-refractivity contribution in [2.24, 2.45) is 0 Å². The summed E-state index contributed by atoms with van der Waals surface area (Å²) in [5, 5.41) is 19.0. The van der Waals surface area contributed by atoms with Crippen LogP contribution in [-0.2, 0) is 6.54 Å². The Morgan fingerprint density at radius 1 is 1.18 bits per heavy atom. The van der Waals surface area contributed by atoms with Crippen LogP contribution in [0.1, 0.15) is 22.8 Å². The Morgan fingerprint density at radius 2 is 1.95 bits per heavy atom. The summed E-state index contributed by atoms with van der Waals surface area (Å²) in [6, 6.07) is 12.6. The highest BCUT2D eigenvalue weighted by Gasteiger charge is 2.13. The summed E-state index contributed by atoms with van der Waals surface area (Å²) in [5.41, 5.74) is 1.85. The van der Waals surface area contributed by atoms with Crippen molar-refractivity contribution in [2.45, 2.75) is 12.6 Å². The van der Waals surface area contributed by atoms with E-state index in [2.05, 4.69) is 6.07 Å². The van der Waals surface area contributed by atoms with Crippen LogP contribution in [0.25, 0.3) is 0 Å². The van der Waals surface area contributed by atoms with Crippen molar-refractivity contribution in [3.05, 3.63) is 70.8 Å². The summed E-state index contributed by atoms with van der Waals surface area (Å²) in [6.07, 6.45) is -0.917. The Kier molecular flexibility index (Phi) is 5.21. The van der Waals surface area contributed by atoms with Crippen LogP contribution in [0.3, 0.4) is 0 Å². The van der Waals surface area contributed by atoms with Gasteiger partial charge in [-0.2, -0.15) is 5.26 Å². The van der Waals surface area contributed by atoms with Crippen molar-refractivity contribution in [1.29, 1.82) is 5.26 Å². The number of likely N-dealkylation sites (N-methyl/N-ethyl adjacent to an activating group) is 1. The zero-order valence-corrected chi connectivity index (χ0v) is 12.1. The van der Waals surface area contributed by atoms with E-state index in [1.54, 1.807) is 18.2 Å². The molecule has 0 radical (unpaired) electrons. The first kappa shape index (κ1) is 16.1. The number of aliphatic hydroxyl groups excluding tert-OH is 1. The quantitative estimate of drug-likeness (QED) is 0.923. The Morgan fingerprint density at radius 3 is 2.64 bits per heavy atom. The average molecular weight is 302 g/mol. The third kappa shape index (κ3) is 4.10. The first-order valence-electron chi connectivity index (χ1n) is 6.80. The number of hydrogen-bond acceptors (Lipinski definition) is 3. The molecule has 1 N–H and O–H groups in total. The lowest BCUT2D eigenvalue weighted by Gasteiger charge is -2.21. The van der Waals surface area contributed by atoms with Crippen molar-refractivity contribution in [3.63, 3.8) is 0 Å². The van der Waals surface area contributed by atoms with Crippen LogP contribution >= 0.6 is 0 Å². The topological polar surface area (TPSA) is 47.3 Å². The molecule has 3 nitrogen and oxygen atoms in total. The van der Waals surface area contributed by atoms with Crippen LogP contribution in [-0.4, -0.2) is 23.6 Å². The van der Waals surface area contributed by atoms with Gasteiger partial charge in [0.25, 0.3) is 0 Å². The first-order valence-corrected chi connectivity index (χ1v) is 6.80. The lowest BCUT2D eigenvalue weighted by atomic mass is 10.1. The predicted molar refractivity (Wildman–Crippen MR) is 78.8 cm³/mol. The molecule has 5 heteroatoms. The molecule has 0 spiro atoms. The van der Waals surface area contributed by atoms with E-state index in [0.717, 1.165) is 17.7 Å². The SMILES string of the molecule is CN(Cc1cccc(C#N)c1)CC(O)c1ccc(F)c(F)c1. The van der Waals surface area contributed by atoms with Crippen LogP contribution in [0.2, 0.25) is 0 Å². The molecule has 0 amide bonds. The number of nitrogens with zero attached hydrogens (tertiary/aromatic N) is 2.